The van der Waals surface area contributed by atoms with E-state index in [1.807, 2.05) is 30.3 Å². The molecule has 18 heavy (non-hydrogen) atoms. The first kappa shape index (κ1) is 15.0. The van der Waals surface area contributed by atoms with Crippen LogP contribution in [0.25, 0.3) is 0 Å². The molecule has 0 aliphatic heterocycles. The van der Waals surface area contributed by atoms with Crippen LogP contribution in [-0.2, 0) is 4.74 Å². The molecule has 1 aromatic rings. The molecule has 1 atom stereocenters. The van der Waals surface area contributed by atoms with E-state index < -0.39 is 0 Å². The van der Waals surface area contributed by atoms with E-state index in [2.05, 4.69) is 19.2 Å². The van der Waals surface area contributed by atoms with Gasteiger partial charge in [-0.25, -0.2) is 0 Å². The fraction of sp³-hybridized carbons (Fsp3) is 0.600. The highest BCUT2D eigenvalue weighted by atomic mass is 16.5. The minimum Gasteiger partial charge on any atom is -0.491 e. The third-order valence-corrected chi connectivity index (χ3v) is 2.73. The van der Waals surface area contributed by atoms with Gasteiger partial charge in [0, 0.05) is 6.04 Å². The quantitative estimate of drug-likeness (QED) is 0.649. The van der Waals surface area contributed by atoms with E-state index in [0.717, 1.165) is 31.7 Å². The van der Waals surface area contributed by atoms with Gasteiger partial charge in [0.15, 0.2) is 0 Å². The van der Waals surface area contributed by atoms with Gasteiger partial charge in [-0.1, -0.05) is 32.0 Å². The highest BCUT2D eigenvalue weighted by Crippen LogP contribution is 2.07. The molecule has 3 nitrogen and oxygen atoms in total. The topological polar surface area (TPSA) is 30.5 Å². The Balaban J connectivity index is 2.03. The lowest BCUT2D eigenvalue weighted by molar-refractivity contribution is 0.0826. The van der Waals surface area contributed by atoms with Crippen molar-refractivity contribution in [1.29, 1.82) is 0 Å². The predicted octanol–water partition coefficient (Wildman–Crippen LogP) is 2.86. The Morgan fingerprint density at radius 1 is 1.11 bits per heavy atom. The summed E-state index contributed by atoms with van der Waals surface area (Å²) in [5.74, 6) is 0.900. The van der Waals surface area contributed by atoms with Crippen molar-refractivity contribution in [3.8, 4) is 5.75 Å². The number of rotatable bonds is 10. The first-order chi connectivity index (χ1) is 8.86. The average molecular weight is 251 g/mol. The smallest absolute Gasteiger partial charge is 0.119 e. The van der Waals surface area contributed by atoms with Crippen molar-refractivity contribution in [2.45, 2.75) is 32.7 Å². The van der Waals surface area contributed by atoms with Gasteiger partial charge < -0.3 is 14.8 Å². The second kappa shape index (κ2) is 9.92. The zero-order valence-corrected chi connectivity index (χ0v) is 11.5. The fourth-order valence-corrected chi connectivity index (χ4v) is 1.63. The van der Waals surface area contributed by atoms with E-state index in [0.29, 0.717) is 19.3 Å². The molecule has 102 valence electrons. The standard InChI is InChI=1S/C15H25NO2/c1-3-10-16-14(4-2)13-17-11-12-18-15-8-6-5-7-9-15/h5-9,14,16H,3-4,10-13H2,1-2H3. The number of benzene rings is 1. The molecule has 0 saturated heterocycles. The van der Waals surface area contributed by atoms with Crippen LogP contribution < -0.4 is 10.1 Å². The number of para-hydroxylation sites is 1. The molecule has 0 amide bonds. The normalized spacial score (nSPS) is 12.3. The summed E-state index contributed by atoms with van der Waals surface area (Å²) in [7, 11) is 0. The molecule has 0 bridgehead atoms. The summed E-state index contributed by atoms with van der Waals surface area (Å²) in [6, 6.07) is 10.3. The molecule has 0 radical (unpaired) electrons. The highest BCUT2D eigenvalue weighted by molar-refractivity contribution is 5.20. The molecule has 0 aliphatic rings. The molecule has 1 unspecified atom stereocenters. The molecule has 0 aromatic heterocycles. The SMILES string of the molecule is CCCNC(CC)COCCOc1ccccc1. The molecule has 0 spiro atoms. The van der Waals surface area contributed by atoms with Gasteiger partial charge in [-0.3, -0.25) is 0 Å². The van der Waals surface area contributed by atoms with Crippen LogP contribution in [0.3, 0.4) is 0 Å². The second-order valence-electron chi connectivity index (χ2n) is 4.30. The van der Waals surface area contributed by atoms with Crippen LogP contribution in [0.1, 0.15) is 26.7 Å². The predicted molar refractivity (Wildman–Crippen MR) is 75.1 cm³/mol. The molecule has 0 saturated carbocycles. The van der Waals surface area contributed by atoms with E-state index in [4.69, 9.17) is 9.47 Å². The monoisotopic (exact) mass is 251 g/mol. The zero-order valence-electron chi connectivity index (χ0n) is 11.5. The largest absolute Gasteiger partial charge is 0.491 e. The maximum absolute atomic E-state index is 5.62. The Hall–Kier alpha value is -1.06. The van der Waals surface area contributed by atoms with Crippen LogP contribution in [0, 0.1) is 0 Å². The van der Waals surface area contributed by atoms with Crippen molar-refractivity contribution >= 4 is 0 Å². The second-order valence-corrected chi connectivity index (χ2v) is 4.30. The number of hydrogen-bond acceptors (Lipinski definition) is 3. The summed E-state index contributed by atoms with van der Waals surface area (Å²) in [6.07, 6.45) is 2.26. The molecule has 0 aliphatic carbocycles. The van der Waals surface area contributed by atoms with Crippen LogP contribution in [0.15, 0.2) is 30.3 Å². The first-order valence-electron chi connectivity index (χ1n) is 6.85. The third kappa shape index (κ3) is 6.62. The Bertz CT molecular complexity index is 290. The van der Waals surface area contributed by atoms with Crippen molar-refractivity contribution in [3.63, 3.8) is 0 Å². The van der Waals surface area contributed by atoms with Crippen molar-refractivity contribution in [3.05, 3.63) is 30.3 Å². The molecule has 3 heteroatoms. The minimum absolute atomic E-state index is 0.460. The average Bonchev–Trinajstić information content (AvgIpc) is 2.43. The summed E-state index contributed by atoms with van der Waals surface area (Å²) >= 11 is 0. The summed E-state index contributed by atoms with van der Waals surface area (Å²) in [5.41, 5.74) is 0. The van der Waals surface area contributed by atoms with E-state index in [1.54, 1.807) is 0 Å². The zero-order chi connectivity index (χ0) is 13.1. The van der Waals surface area contributed by atoms with Crippen LogP contribution in [-0.4, -0.2) is 32.4 Å². The van der Waals surface area contributed by atoms with Gasteiger partial charge in [-0.15, -0.1) is 0 Å². The van der Waals surface area contributed by atoms with Crippen molar-refractivity contribution in [2.24, 2.45) is 0 Å². The van der Waals surface area contributed by atoms with Crippen molar-refractivity contribution < 1.29 is 9.47 Å². The van der Waals surface area contributed by atoms with Gasteiger partial charge in [0.1, 0.15) is 12.4 Å². The van der Waals surface area contributed by atoms with E-state index in [9.17, 15) is 0 Å². The van der Waals surface area contributed by atoms with Gasteiger partial charge in [0.25, 0.3) is 0 Å². The summed E-state index contributed by atoms with van der Waals surface area (Å²) in [4.78, 5) is 0. The molecular formula is C15H25NO2. The lowest BCUT2D eigenvalue weighted by Crippen LogP contribution is -2.33. The molecule has 1 N–H and O–H groups in total. The Kier molecular flexibility index (Phi) is 8.26. The Morgan fingerprint density at radius 2 is 1.89 bits per heavy atom. The summed E-state index contributed by atoms with van der Waals surface area (Å²) in [6.45, 7) is 7.41. The molecule has 1 rings (SSSR count). The van der Waals surface area contributed by atoms with Crippen LogP contribution >= 0.6 is 0 Å². The molecule has 0 fully saturated rings. The molecular weight excluding hydrogens is 226 g/mol. The maximum atomic E-state index is 5.62. The van der Waals surface area contributed by atoms with Crippen molar-refractivity contribution in [1.82, 2.24) is 5.32 Å². The van der Waals surface area contributed by atoms with Crippen LogP contribution in [0.2, 0.25) is 0 Å². The molecule has 1 aromatic carbocycles. The first-order valence-corrected chi connectivity index (χ1v) is 6.85. The van der Waals surface area contributed by atoms with Gasteiger partial charge in [-0.2, -0.15) is 0 Å². The van der Waals surface area contributed by atoms with Gasteiger partial charge in [0.2, 0.25) is 0 Å². The van der Waals surface area contributed by atoms with Crippen LogP contribution in [0.5, 0.6) is 5.75 Å². The van der Waals surface area contributed by atoms with Gasteiger partial charge in [-0.05, 0) is 31.5 Å². The van der Waals surface area contributed by atoms with E-state index in [1.165, 1.54) is 0 Å². The van der Waals surface area contributed by atoms with E-state index >= 15 is 0 Å². The minimum atomic E-state index is 0.460. The Labute approximate surface area is 110 Å². The van der Waals surface area contributed by atoms with Crippen LogP contribution in [0.4, 0.5) is 0 Å². The maximum Gasteiger partial charge on any atom is 0.119 e. The third-order valence-electron chi connectivity index (χ3n) is 2.73. The molecule has 0 heterocycles. The van der Waals surface area contributed by atoms with Gasteiger partial charge >= 0.3 is 0 Å². The lowest BCUT2D eigenvalue weighted by atomic mass is 10.2. The number of hydrogen-bond donors (Lipinski definition) is 1. The summed E-state index contributed by atoms with van der Waals surface area (Å²) < 4.78 is 11.2. The summed E-state index contributed by atoms with van der Waals surface area (Å²) in [5, 5.41) is 3.46. The number of ether oxygens (including phenoxy) is 2. The van der Waals surface area contributed by atoms with Gasteiger partial charge in [0.05, 0.1) is 13.2 Å². The Morgan fingerprint density at radius 3 is 2.56 bits per heavy atom. The fourth-order valence-electron chi connectivity index (χ4n) is 1.63. The van der Waals surface area contributed by atoms with Crippen molar-refractivity contribution in [2.75, 3.05) is 26.4 Å². The number of nitrogens with one attached hydrogen (secondary N) is 1. The van der Waals surface area contributed by atoms with E-state index in [-0.39, 0.29) is 0 Å². The lowest BCUT2D eigenvalue weighted by Gasteiger charge is -2.16. The highest BCUT2D eigenvalue weighted by Gasteiger charge is 2.04.